The zero-order valence-corrected chi connectivity index (χ0v) is 20.6. The van der Waals surface area contributed by atoms with Crippen molar-refractivity contribution in [2.75, 3.05) is 14.1 Å². The van der Waals surface area contributed by atoms with Crippen LogP contribution in [0.2, 0.25) is 0 Å². The molecule has 11 heteroatoms. The molecule has 3 N–H and O–H groups in total. The lowest BCUT2D eigenvalue weighted by Gasteiger charge is -2.32. The Morgan fingerprint density at radius 2 is 1.94 bits per heavy atom. The molecule has 1 saturated heterocycles. The number of carboxylic acids is 1. The molecule has 0 aromatic heterocycles. The summed E-state index contributed by atoms with van der Waals surface area (Å²) in [5, 5.41) is 20.4. The molecule has 186 valence electrons. The second kappa shape index (κ2) is 10.2. The number of carboxylic acid groups (broad SMARTS) is 1. The van der Waals surface area contributed by atoms with Crippen molar-refractivity contribution in [2.24, 2.45) is 5.84 Å². The topological polar surface area (TPSA) is 151 Å². The predicted octanol–water partition coefficient (Wildman–Crippen LogP) is 2.06. The van der Waals surface area contributed by atoms with Crippen LogP contribution in [0.1, 0.15) is 42.0 Å². The van der Waals surface area contributed by atoms with Crippen LogP contribution >= 0.6 is 0 Å². The Morgan fingerprint density at radius 3 is 2.51 bits per heavy atom. The first-order chi connectivity index (χ1) is 16.4. The molecular formula is C24H29N4O6S+. The quantitative estimate of drug-likeness (QED) is 0.299. The summed E-state index contributed by atoms with van der Waals surface area (Å²) in [6.07, 6.45) is -0.695. The van der Waals surface area contributed by atoms with Gasteiger partial charge in [-0.05, 0) is 48.7 Å². The number of benzene rings is 2. The molecule has 1 aliphatic heterocycles. The van der Waals surface area contributed by atoms with Gasteiger partial charge in [0, 0.05) is 13.5 Å². The second-order valence-corrected chi connectivity index (χ2v) is 11.1. The van der Waals surface area contributed by atoms with E-state index >= 15 is 0 Å². The van der Waals surface area contributed by atoms with Crippen LogP contribution in [0.5, 0.6) is 0 Å². The number of Topliss-reactive ketones (excluding diaryl/α,β-unsaturated/α-hetero) is 1. The largest absolute Gasteiger partial charge is 0.477 e. The van der Waals surface area contributed by atoms with Gasteiger partial charge < -0.3 is 5.11 Å². The summed E-state index contributed by atoms with van der Waals surface area (Å²) in [6, 6.07) is 13.3. The lowest BCUT2D eigenvalue weighted by Crippen LogP contribution is -2.64. The van der Waals surface area contributed by atoms with Gasteiger partial charge in [0.25, 0.3) is 0 Å². The van der Waals surface area contributed by atoms with E-state index in [1.54, 1.807) is 43.3 Å². The molecule has 35 heavy (non-hydrogen) atoms. The number of ketones is 1. The Hall–Kier alpha value is -3.14. The molecule has 0 spiro atoms. The Labute approximate surface area is 204 Å². The number of carbonyl (C=O) groups excluding carboxylic acids is 1. The minimum atomic E-state index is -4.32. The molecule has 0 amide bonds. The molecule has 1 aliphatic rings. The minimum Gasteiger partial charge on any atom is -0.477 e. The summed E-state index contributed by atoms with van der Waals surface area (Å²) in [7, 11) is -1.51. The molecule has 0 bridgehead atoms. The average Bonchev–Trinajstić information content (AvgIpc) is 3.16. The number of quaternary nitrogens is 1. The average molecular weight is 502 g/mol. The van der Waals surface area contributed by atoms with Gasteiger partial charge in [0.15, 0.2) is 0 Å². The number of likely N-dealkylation sites (N-methyl/N-ethyl adjacent to an activating group) is 1. The summed E-state index contributed by atoms with van der Waals surface area (Å²) in [5.41, 5.74) is 2.12. The zero-order valence-electron chi connectivity index (χ0n) is 19.8. The van der Waals surface area contributed by atoms with Crippen molar-refractivity contribution in [1.29, 1.82) is 5.26 Å². The van der Waals surface area contributed by atoms with Gasteiger partial charge in [-0.2, -0.15) is 24.6 Å². The molecule has 1 fully saturated rings. The molecule has 10 nitrogen and oxygen atoms in total. The van der Waals surface area contributed by atoms with Gasteiger partial charge in [0.2, 0.25) is 6.04 Å². The van der Waals surface area contributed by atoms with Crippen molar-refractivity contribution in [3.05, 3.63) is 65.2 Å². The van der Waals surface area contributed by atoms with Gasteiger partial charge >= 0.3 is 16.0 Å². The molecule has 0 radical (unpaired) electrons. The maximum absolute atomic E-state index is 13.2. The van der Waals surface area contributed by atoms with Crippen molar-refractivity contribution in [2.45, 2.75) is 49.3 Å². The molecule has 3 rings (SSSR count). The van der Waals surface area contributed by atoms with Crippen LogP contribution in [-0.2, 0) is 24.4 Å². The number of nitrogens with two attached hydrogens (primary N) is 1. The molecule has 4 atom stereocenters. The monoisotopic (exact) mass is 501 g/mol. The third kappa shape index (κ3) is 5.58. The second-order valence-electron chi connectivity index (χ2n) is 8.91. The fraction of sp³-hybridized carbons (Fsp3) is 0.375. The molecule has 1 heterocycles. The summed E-state index contributed by atoms with van der Waals surface area (Å²) in [5.74, 6) is 4.12. The molecule has 2 aromatic rings. The van der Waals surface area contributed by atoms with E-state index in [1.807, 2.05) is 12.1 Å². The van der Waals surface area contributed by atoms with Gasteiger partial charge in [0.05, 0.1) is 30.2 Å². The van der Waals surface area contributed by atoms with Crippen molar-refractivity contribution in [1.82, 2.24) is 5.06 Å². The van der Waals surface area contributed by atoms with Gasteiger partial charge in [-0.3, -0.25) is 9.63 Å². The fourth-order valence-corrected chi connectivity index (χ4v) is 5.75. The smallest absolute Gasteiger partial charge is 0.366 e. The number of hydroxylamine groups is 2. The van der Waals surface area contributed by atoms with E-state index < -0.39 is 44.3 Å². The lowest BCUT2D eigenvalue weighted by molar-refractivity contribution is -0.815. The summed E-state index contributed by atoms with van der Waals surface area (Å²) in [4.78, 5) is 30.5. The first-order valence-corrected chi connectivity index (χ1v) is 12.4. The van der Waals surface area contributed by atoms with Crippen LogP contribution in [0, 0.1) is 18.3 Å². The van der Waals surface area contributed by atoms with Crippen LogP contribution in [-0.4, -0.2) is 60.6 Å². The number of nitrogens with zero attached hydrogens (tertiary/aromatic N) is 3. The zero-order chi connectivity index (χ0) is 26.0. The highest BCUT2D eigenvalue weighted by Crippen LogP contribution is 2.34. The highest BCUT2D eigenvalue weighted by Gasteiger charge is 2.49. The molecule has 2 aromatic carbocycles. The van der Waals surface area contributed by atoms with Crippen molar-refractivity contribution < 1.29 is 31.9 Å². The van der Waals surface area contributed by atoms with E-state index in [4.69, 9.17) is 15.9 Å². The number of aryl methyl sites for hydroxylation is 1. The van der Waals surface area contributed by atoms with E-state index in [2.05, 4.69) is 6.07 Å². The number of carbonyl (C=O) groups is 2. The number of rotatable bonds is 9. The molecular weight excluding hydrogens is 472 g/mol. The Bertz CT molecular complexity index is 1250. The number of aliphatic carboxylic acids is 1. The Kier molecular flexibility index (Phi) is 7.74. The normalized spacial score (nSPS) is 21.1. The summed E-state index contributed by atoms with van der Waals surface area (Å²) in [6.45, 7) is 1.71. The summed E-state index contributed by atoms with van der Waals surface area (Å²) < 4.78 is 25.0. The Morgan fingerprint density at radius 1 is 1.29 bits per heavy atom. The van der Waals surface area contributed by atoms with E-state index in [-0.39, 0.29) is 17.4 Å². The molecule has 0 saturated carbocycles. The lowest BCUT2D eigenvalue weighted by atomic mass is 9.97. The van der Waals surface area contributed by atoms with Gasteiger partial charge in [0.1, 0.15) is 17.7 Å². The first kappa shape index (κ1) is 26.5. The van der Waals surface area contributed by atoms with E-state index in [0.29, 0.717) is 17.5 Å². The Balaban J connectivity index is 1.72. The maximum Gasteiger partial charge on any atom is 0.366 e. The van der Waals surface area contributed by atoms with Gasteiger partial charge in [-0.15, -0.1) is 4.00 Å². The van der Waals surface area contributed by atoms with Crippen molar-refractivity contribution >= 4 is 21.8 Å². The number of sulfonamides is 1. The third-order valence-electron chi connectivity index (χ3n) is 6.25. The number of hydrogen-bond acceptors (Lipinski definition) is 8. The van der Waals surface area contributed by atoms with Gasteiger partial charge in [-0.1, -0.05) is 24.3 Å². The van der Waals surface area contributed by atoms with Crippen LogP contribution in [0.3, 0.4) is 0 Å². The van der Waals surface area contributed by atoms with Crippen LogP contribution in [0.15, 0.2) is 53.4 Å². The van der Waals surface area contributed by atoms with Crippen LogP contribution < -0.4 is 5.84 Å². The van der Waals surface area contributed by atoms with E-state index in [1.165, 1.54) is 12.1 Å². The third-order valence-corrected chi connectivity index (χ3v) is 8.39. The van der Waals surface area contributed by atoms with Crippen LogP contribution in [0.4, 0.5) is 0 Å². The standard InChI is InChI=1S/C24H28N4O6S/c1-16-5-4-6-21(11-16)35(32,33)28(3,26)23(24(30)31)13-19(29)12-20-14-22(27(2)34-20)18-9-7-17(15-25)8-10-18/h4-11,20,22-23H,12-14,26H2,1-3H3/p+1/t20-,22-,23-,28?/m0/s1. The highest BCUT2D eigenvalue weighted by atomic mass is 32.2. The SMILES string of the molecule is Cc1cccc(S(=O)(=O)[N+](C)(N)[C@@H](CC(=O)C[C@H]2C[C@@H](c3ccc(C#N)cc3)N(C)O2)C(=O)O)c1. The van der Waals surface area contributed by atoms with E-state index in [0.717, 1.165) is 12.6 Å². The number of nitriles is 1. The molecule has 0 aliphatic carbocycles. The fourth-order valence-electron chi connectivity index (χ4n) is 4.21. The summed E-state index contributed by atoms with van der Waals surface area (Å²) >= 11 is 0. The predicted molar refractivity (Wildman–Crippen MR) is 126 cm³/mol. The van der Waals surface area contributed by atoms with E-state index in [9.17, 15) is 23.1 Å². The van der Waals surface area contributed by atoms with Crippen molar-refractivity contribution in [3.63, 3.8) is 0 Å². The van der Waals surface area contributed by atoms with Crippen molar-refractivity contribution in [3.8, 4) is 6.07 Å². The van der Waals surface area contributed by atoms with Crippen LogP contribution in [0.25, 0.3) is 0 Å². The first-order valence-electron chi connectivity index (χ1n) is 11.0. The minimum absolute atomic E-state index is 0.0919. The number of hydrogen-bond donors (Lipinski definition) is 2. The maximum atomic E-state index is 13.2. The van der Waals surface area contributed by atoms with Gasteiger partial charge in [-0.25, -0.2) is 4.79 Å². The highest BCUT2D eigenvalue weighted by molar-refractivity contribution is 7.86. The molecule has 1 unspecified atom stereocenters.